The van der Waals surface area contributed by atoms with Crippen LogP contribution in [0.2, 0.25) is 10.0 Å². The molecule has 0 fully saturated rings. The van der Waals surface area contributed by atoms with Crippen molar-refractivity contribution in [3.05, 3.63) is 144 Å². The minimum atomic E-state index is -0.850. The SMILES string of the molecule is O=C(Nc1ccc(Cl)cc1)Oc1c(Oc2cccc(-c3ccccc3O)c2OC(=O)Nc2ccc(Cl)cc2)cccc1-c1ccccc1O. The van der Waals surface area contributed by atoms with Gasteiger partial charge >= 0.3 is 12.2 Å². The van der Waals surface area contributed by atoms with E-state index in [9.17, 15) is 19.8 Å². The summed E-state index contributed by atoms with van der Waals surface area (Å²) in [4.78, 5) is 26.5. The van der Waals surface area contributed by atoms with Crippen LogP contribution in [0, 0.1) is 0 Å². The van der Waals surface area contributed by atoms with Crippen molar-refractivity contribution in [2.24, 2.45) is 0 Å². The predicted molar refractivity (Wildman–Crippen MR) is 189 cm³/mol. The normalized spacial score (nSPS) is 10.6. The van der Waals surface area contributed by atoms with E-state index >= 15 is 0 Å². The topological polar surface area (TPSA) is 126 Å². The molecule has 244 valence electrons. The Morgan fingerprint density at radius 1 is 0.469 bits per heavy atom. The van der Waals surface area contributed by atoms with Crippen molar-refractivity contribution < 1.29 is 34.0 Å². The third-order valence-electron chi connectivity index (χ3n) is 7.14. The molecule has 0 heterocycles. The lowest BCUT2D eigenvalue weighted by atomic mass is 10.0. The van der Waals surface area contributed by atoms with Crippen molar-refractivity contribution in [2.75, 3.05) is 10.6 Å². The van der Waals surface area contributed by atoms with Crippen LogP contribution in [-0.2, 0) is 0 Å². The molecule has 0 aliphatic rings. The molecule has 6 rings (SSSR count). The average molecular weight is 694 g/mol. The van der Waals surface area contributed by atoms with E-state index in [0.717, 1.165) is 0 Å². The van der Waals surface area contributed by atoms with Gasteiger partial charge in [-0.3, -0.25) is 10.6 Å². The monoisotopic (exact) mass is 692 g/mol. The molecular formula is C38H26Cl2N2O7. The molecule has 11 heteroatoms. The van der Waals surface area contributed by atoms with Gasteiger partial charge in [-0.05, 0) is 72.8 Å². The predicted octanol–water partition coefficient (Wildman–Crippen LogP) is 10.8. The van der Waals surface area contributed by atoms with E-state index in [2.05, 4.69) is 10.6 Å². The summed E-state index contributed by atoms with van der Waals surface area (Å²) >= 11 is 12.0. The zero-order valence-corrected chi connectivity index (χ0v) is 26.9. The standard InChI is InChI=1S/C38H26Cl2N2O7/c39-23-15-19-25(20-16-23)41-37(45)48-35-29(27-7-1-3-11-31(27)43)9-5-13-33(35)47-34-14-6-10-30(28-8-2-4-12-32(28)44)36(34)49-38(46)42-26-21-17-24(40)18-22-26/h1-22,43-44H,(H,41,45)(H,42,46). The molecule has 6 aromatic rings. The number of aromatic hydroxyl groups is 2. The van der Waals surface area contributed by atoms with E-state index in [-0.39, 0.29) is 34.5 Å². The molecule has 0 aliphatic carbocycles. The lowest BCUT2D eigenvalue weighted by Crippen LogP contribution is -2.18. The van der Waals surface area contributed by atoms with Gasteiger partial charge in [-0.2, -0.15) is 0 Å². The summed E-state index contributed by atoms with van der Waals surface area (Å²) in [5, 5.41) is 27.7. The minimum absolute atomic E-state index is 0.0417. The fourth-order valence-electron chi connectivity index (χ4n) is 4.89. The number of anilines is 2. The number of para-hydroxylation sites is 4. The number of phenols is 2. The number of ether oxygens (including phenoxy) is 3. The van der Waals surface area contributed by atoms with Crippen LogP contribution in [0.15, 0.2) is 133 Å². The number of carbonyl (C=O) groups excluding carboxylic acids is 2. The van der Waals surface area contributed by atoms with Crippen molar-refractivity contribution in [1.29, 1.82) is 0 Å². The van der Waals surface area contributed by atoms with E-state index in [1.807, 2.05) is 0 Å². The molecule has 0 unspecified atom stereocenters. The summed E-state index contributed by atoms with van der Waals surface area (Å²) in [6.45, 7) is 0. The highest BCUT2D eigenvalue weighted by atomic mass is 35.5. The Hall–Kier alpha value is -6.16. The lowest BCUT2D eigenvalue weighted by molar-refractivity contribution is 0.212. The van der Waals surface area contributed by atoms with E-state index in [4.69, 9.17) is 37.4 Å². The Balaban J connectivity index is 1.42. The van der Waals surface area contributed by atoms with Crippen LogP contribution < -0.4 is 24.8 Å². The summed E-state index contributed by atoms with van der Waals surface area (Å²) in [5.74, 6) is -0.118. The first-order valence-electron chi connectivity index (χ1n) is 14.7. The fraction of sp³-hybridized carbons (Fsp3) is 0. The molecule has 0 saturated carbocycles. The molecule has 2 amide bonds. The van der Waals surface area contributed by atoms with Crippen molar-refractivity contribution in [2.45, 2.75) is 0 Å². The van der Waals surface area contributed by atoms with Crippen LogP contribution >= 0.6 is 23.2 Å². The second kappa shape index (κ2) is 14.7. The second-order valence-electron chi connectivity index (χ2n) is 10.4. The molecule has 6 aromatic carbocycles. The molecule has 0 atom stereocenters. The number of rotatable bonds is 8. The zero-order chi connectivity index (χ0) is 34.3. The number of hydrogen-bond donors (Lipinski definition) is 4. The summed E-state index contributed by atoms with van der Waals surface area (Å²) in [6.07, 6.45) is -1.70. The highest BCUT2D eigenvalue weighted by Crippen LogP contribution is 2.47. The molecule has 0 aromatic heterocycles. The molecule has 4 N–H and O–H groups in total. The Labute approximate surface area is 290 Å². The van der Waals surface area contributed by atoms with Crippen molar-refractivity contribution in [3.8, 4) is 56.8 Å². The third kappa shape index (κ3) is 7.87. The van der Waals surface area contributed by atoms with Gasteiger partial charge in [-0.15, -0.1) is 0 Å². The van der Waals surface area contributed by atoms with Crippen LogP contribution in [0.5, 0.6) is 34.5 Å². The summed E-state index contributed by atoms with van der Waals surface area (Å²) < 4.78 is 18.1. The van der Waals surface area contributed by atoms with Crippen LogP contribution in [-0.4, -0.2) is 22.4 Å². The lowest BCUT2D eigenvalue weighted by Gasteiger charge is -2.19. The molecule has 0 spiro atoms. The summed E-state index contributed by atoms with van der Waals surface area (Å²) in [5.41, 5.74) is 2.25. The smallest absolute Gasteiger partial charge is 0.417 e. The fourth-order valence-corrected chi connectivity index (χ4v) is 5.14. The average Bonchev–Trinajstić information content (AvgIpc) is 3.09. The number of nitrogens with one attached hydrogen (secondary N) is 2. The third-order valence-corrected chi connectivity index (χ3v) is 7.64. The molecule has 49 heavy (non-hydrogen) atoms. The first-order valence-corrected chi connectivity index (χ1v) is 15.5. The molecule has 0 aliphatic heterocycles. The molecule has 9 nitrogen and oxygen atoms in total. The van der Waals surface area contributed by atoms with Gasteiger partial charge < -0.3 is 24.4 Å². The van der Waals surface area contributed by atoms with Gasteiger partial charge in [0.15, 0.2) is 23.0 Å². The first kappa shape index (κ1) is 32.8. The molecular weight excluding hydrogens is 667 g/mol. The maximum atomic E-state index is 13.2. The quantitative estimate of drug-likeness (QED) is 0.125. The van der Waals surface area contributed by atoms with Gasteiger partial charge in [0.1, 0.15) is 11.5 Å². The summed E-state index contributed by atoms with van der Waals surface area (Å²) in [7, 11) is 0. The maximum Gasteiger partial charge on any atom is 0.417 e. The minimum Gasteiger partial charge on any atom is -0.507 e. The van der Waals surface area contributed by atoms with Gasteiger partial charge in [0.05, 0.1) is 0 Å². The zero-order valence-electron chi connectivity index (χ0n) is 25.4. The number of carbonyl (C=O) groups is 2. The van der Waals surface area contributed by atoms with Crippen molar-refractivity contribution in [3.63, 3.8) is 0 Å². The van der Waals surface area contributed by atoms with Crippen molar-refractivity contribution in [1.82, 2.24) is 0 Å². The van der Waals surface area contributed by atoms with Crippen LogP contribution in [0.1, 0.15) is 0 Å². The first-order chi connectivity index (χ1) is 23.7. The van der Waals surface area contributed by atoms with Gasteiger partial charge in [0, 0.05) is 43.7 Å². The van der Waals surface area contributed by atoms with Crippen molar-refractivity contribution >= 4 is 46.8 Å². The van der Waals surface area contributed by atoms with Crippen LogP contribution in [0.25, 0.3) is 22.3 Å². The van der Waals surface area contributed by atoms with Gasteiger partial charge in [0.25, 0.3) is 0 Å². The number of amides is 2. The Bertz CT molecular complexity index is 1990. The number of hydrogen-bond acceptors (Lipinski definition) is 7. The Kier molecular flexibility index (Phi) is 9.85. The molecule has 0 saturated heterocycles. The van der Waals surface area contributed by atoms with Crippen LogP contribution in [0.4, 0.5) is 21.0 Å². The molecule has 0 radical (unpaired) electrons. The van der Waals surface area contributed by atoms with Crippen LogP contribution in [0.3, 0.4) is 0 Å². The van der Waals surface area contributed by atoms with E-state index in [1.54, 1.807) is 121 Å². The second-order valence-corrected chi connectivity index (χ2v) is 11.3. The number of halogens is 2. The summed E-state index contributed by atoms with van der Waals surface area (Å²) in [6, 6.07) is 35.7. The van der Waals surface area contributed by atoms with Gasteiger partial charge in [0.2, 0.25) is 0 Å². The Morgan fingerprint density at radius 2 is 0.837 bits per heavy atom. The Morgan fingerprint density at radius 3 is 1.22 bits per heavy atom. The largest absolute Gasteiger partial charge is 0.507 e. The number of benzene rings is 6. The van der Waals surface area contributed by atoms with Gasteiger partial charge in [-0.1, -0.05) is 83.9 Å². The van der Waals surface area contributed by atoms with E-state index in [0.29, 0.717) is 43.7 Å². The maximum absolute atomic E-state index is 13.2. The highest BCUT2D eigenvalue weighted by Gasteiger charge is 2.23. The highest BCUT2D eigenvalue weighted by molar-refractivity contribution is 6.31. The van der Waals surface area contributed by atoms with E-state index in [1.165, 1.54) is 12.1 Å². The van der Waals surface area contributed by atoms with Gasteiger partial charge in [-0.25, -0.2) is 9.59 Å². The number of phenolic OH excluding ortho intramolecular Hbond substituents is 2. The molecule has 0 bridgehead atoms. The van der Waals surface area contributed by atoms with E-state index < -0.39 is 12.2 Å².